The highest BCUT2D eigenvalue weighted by Crippen LogP contribution is 2.28. The summed E-state index contributed by atoms with van der Waals surface area (Å²) in [7, 11) is 0. The monoisotopic (exact) mass is 1240 g/mol. The first-order valence-corrected chi connectivity index (χ1v) is 28.5. The Labute approximate surface area is 497 Å². The van der Waals surface area contributed by atoms with E-state index in [2.05, 4.69) is 16.0 Å². The van der Waals surface area contributed by atoms with Gasteiger partial charge in [-0.2, -0.15) is 0 Å². The smallest absolute Gasteiger partial charge is 0.407 e. The maximum Gasteiger partial charge on any atom is 0.407 e. The molecule has 2 heterocycles. The highest BCUT2D eigenvalue weighted by Gasteiger charge is 2.38. The minimum atomic E-state index is -1.37. The summed E-state index contributed by atoms with van der Waals surface area (Å²) in [5.74, 6) is -9.64. The number of benzene rings is 4. The Balaban J connectivity index is 0.000000361. The Bertz CT molecular complexity index is 2950. The summed E-state index contributed by atoms with van der Waals surface area (Å²) in [4.78, 5) is 90.1. The van der Waals surface area contributed by atoms with Gasteiger partial charge in [0.2, 0.25) is 11.8 Å². The van der Waals surface area contributed by atoms with Crippen LogP contribution >= 0.6 is 35.9 Å². The summed E-state index contributed by atoms with van der Waals surface area (Å²) in [5.41, 5.74) is 6.20. The molecule has 6 rings (SSSR count). The number of ether oxygens (including phenoxy) is 3. The number of carboxylic acids is 2. The molecular formula is C57H69ClF6N6O12S2. The van der Waals surface area contributed by atoms with Gasteiger partial charge in [-0.25, -0.2) is 40.7 Å². The second-order valence-corrected chi connectivity index (χ2v) is 23.6. The summed E-state index contributed by atoms with van der Waals surface area (Å²) in [6, 6.07) is 13.6. The SMILES string of the molecule is CC(C)[C@H](Oc1ccc(CNC(=O)[C@H]2SCCN2C(=O)C[C@@H](Cc2cc(F)c(F)cc2F)NC(=O)OC(C)(C)C)cc1)C(=O)O.CC(C)[C@H](Oc1ccc(CNC(=O)[C@H]2SCCN2C(=O)C[C@H](N)Cc2cc(F)c(F)cc2F)cc1)C(=O)O.Cl. The molecule has 0 unspecified atom stereocenters. The number of amides is 5. The van der Waals surface area contributed by atoms with E-state index in [-0.39, 0.29) is 86.6 Å². The molecule has 2 fully saturated rings. The van der Waals surface area contributed by atoms with E-state index in [0.29, 0.717) is 53.3 Å². The number of nitrogens with zero attached hydrogens (tertiary/aromatic N) is 2. The van der Waals surface area contributed by atoms with Crippen molar-refractivity contribution >= 4 is 77.6 Å². The van der Waals surface area contributed by atoms with Crippen molar-refractivity contribution in [3.8, 4) is 11.5 Å². The molecule has 84 heavy (non-hydrogen) atoms. The van der Waals surface area contributed by atoms with Crippen LogP contribution in [0.1, 0.15) is 83.6 Å². The number of carboxylic acid groups (broad SMARTS) is 2. The number of hydrogen-bond acceptors (Lipinski definition) is 13. The molecule has 460 valence electrons. The molecule has 6 atom stereocenters. The highest BCUT2D eigenvalue weighted by atomic mass is 35.5. The van der Waals surface area contributed by atoms with Gasteiger partial charge >= 0.3 is 18.0 Å². The summed E-state index contributed by atoms with van der Waals surface area (Å²) < 4.78 is 98.6. The molecule has 0 bridgehead atoms. The van der Waals surface area contributed by atoms with Crippen molar-refractivity contribution in [3.05, 3.63) is 130 Å². The summed E-state index contributed by atoms with van der Waals surface area (Å²) in [5, 5.41) is 25.0. The molecule has 5 amide bonds. The standard InChI is InChI=1S/C31H38F3N3O7S.C26H30F3N3O5S.ClH/c1-17(2)26(29(40)41)43-21-8-6-18(7-9-21)16-35-27(39)28-37(10-11-45-28)25(38)14-20(36-30(42)44-31(3,4)5)12-19-13-23(33)24(34)15-22(19)32;1-14(2)23(26(35)36)37-18-5-3-15(4-6-18)13-31-24(34)25-32(7-8-38-25)22(33)11-17(30)9-16-10-20(28)21(29)12-19(16)27;/h6-9,13,15,17,20,26,28H,10-12,14,16H2,1-5H3,(H,35,39)(H,36,42)(H,40,41);3-6,10,12,14,17,23,25H,7-9,11,13,30H2,1-2H3,(H,31,34)(H,35,36);1H/t20-,26+,28-;17-,23+,25-;/m11./s1. The van der Waals surface area contributed by atoms with Crippen molar-refractivity contribution in [1.82, 2.24) is 25.8 Å². The van der Waals surface area contributed by atoms with Gasteiger partial charge in [0.05, 0.1) is 0 Å². The predicted octanol–water partition coefficient (Wildman–Crippen LogP) is 8.13. The average Bonchev–Trinajstić information content (AvgIpc) is 4.07. The van der Waals surface area contributed by atoms with Crippen LogP contribution in [0.25, 0.3) is 0 Å². The van der Waals surface area contributed by atoms with E-state index in [1.54, 1.807) is 97.0 Å². The van der Waals surface area contributed by atoms with Gasteiger partial charge in [-0.05, 0) is 92.3 Å². The first-order chi connectivity index (χ1) is 39.0. The molecule has 27 heteroatoms. The zero-order valence-electron chi connectivity index (χ0n) is 47.1. The Morgan fingerprint density at radius 1 is 0.607 bits per heavy atom. The number of carbonyl (C=O) groups excluding carboxylic acids is 5. The average molecular weight is 1240 g/mol. The van der Waals surface area contributed by atoms with Gasteiger partial charge in [-0.1, -0.05) is 52.0 Å². The van der Waals surface area contributed by atoms with Crippen molar-refractivity contribution in [3.63, 3.8) is 0 Å². The van der Waals surface area contributed by atoms with Crippen LogP contribution < -0.4 is 31.2 Å². The van der Waals surface area contributed by atoms with E-state index in [0.717, 1.165) is 11.6 Å². The number of aliphatic carboxylic acids is 2. The van der Waals surface area contributed by atoms with Crippen LogP contribution in [0.15, 0.2) is 72.8 Å². The van der Waals surface area contributed by atoms with E-state index >= 15 is 0 Å². The summed E-state index contributed by atoms with van der Waals surface area (Å²) in [6.45, 7) is 12.8. The third kappa shape index (κ3) is 21.0. The molecule has 2 saturated heterocycles. The number of alkyl carbamates (subject to hydrolysis) is 1. The number of hydrogen-bond donors (Lipinski definition) is 6. The van der Waals surface area contributed by atoms with Gasteiger partial charge in [-0.15, -0.1) is 35.9 Å². The van der Waals surface area contributed by atoms with Gasteiger partial charge in [0.25, 0.3) is 11.8 Å². The van der Waals surface area contributed by atoms with Gasteiger partial charge in [0, 0.05) is 86.6 Å². The number of halogens is 7. The Kier molecular flexibility index (Phi) is 26.4. The van der Waals surface area contributed by atoms with E-state index in [1.165, 1.54) is 33.3 Å². The van der Waals surface area contributed by atoms with Crippen LogP contribution in [-0.4, -0.2) is 127 Å². The molecule has 2 aliphatic rings. The van der Waals surface area contributed by atoms with E-state index in [9.17, 15) is 70.1 Å². The van der Waals surface area contributed by atoms with Crippen molar-refractivity contribution in [2.24, 2.45) is 17.6 Å². The fourth-order valence-electron chi connectivity index (χ4n) is 8.42. The molecule has 2 aliphatic heterocycles. The second-order valence-electron chi connectivity index (χ2n) is 21.2. The van der Waals surface area contributed by atoms with E-state index < -0.39 is 111 Å². The van der Waals surface area contributed by atoms with Crippen LogP contribution in [0.5, 0.6) is 11.5 Å². The Morgan fingerprint density at radius 2 is 0.988 bits per heavy atom. The third-order valence-electron chi connectivity index (χ3n) is 12.6. The number of nitrogens with two attached hydrogens (primary N) is 1. The van der Waals surface area contributed by atoms with Crippen LogP contribution in [0.3, 0.4) is 0 Å². The van der Waals surface area contributed by atoms with Crippen molar-refractivity contribution in [1.29, 1.82) is 0 Å². The minimum Gasteiger partial charge on any atom is -0.478 e. The lowest BCUT2D eigenvalue weighted by Gasteiger charge is -2.27. The van der Waals surface area contributed by atoms with Crippen LogP contribution in [-0.2, 0) is 59.4 Å². The molecule has 4 aromatic carbocycles. The summed E-state index contributed by atoms with van der Waals surface area (Å²) in [6.07, 6.45) is -3.94. The largest absolute Gasteiger partial charge is 0.478 e. The third-order valence-corrected chi connectivity index (χ3v) is 15.0. The number of thioether (sulfide) groups is 2. The normalized spacial score (nSPS) is 16.3. The number of nitrogens with one attached hydrogen (secondary N) is 3. The maximum atomic E-state index is 14.4. The van der Waals surface area contributed by atoms with Crippen molar-refractivity contribution in [2.45, 2.75) is 128 Å². The molecule has 0 aliphatic carbocycles. The van der Waals surface area contributed by atoms with Gasteiger partial charge in [0.15, 0.2) is 46.2 Å². The minimum absolute atomic E-state index is 0. The predicted molar refractivity (Wildman–Crippen MR) is 304 cm³/mol. The van der Waals surface area contributed by atoms with Crippen molar-refractivity contribution in [2.75, 3.05) is 24.6 Å². The first kappa shape index (κ1) is 69.6. The van der Waals surface area contributed by atoms with Gasteiger partial charge in [0.1, 0.15) is 28.7 Å². The molecule has 4 aromatic rings. The highest BCUT2D eigenvalue weighted by molar-refractivity contribution is 8.01. The topological polar surface area (TPSA) is 256 Å². The van der Waals surface area contributed by atoms with Crippen molar-refractivity contribution < 1.29 is 84.3 Å². The lowest BCUT2D eigenvalue weighted by atomic mass is 10.0. The molecular weight excluding hydrogens is 1170 g/mol. The zero-order chi connectivity index (χ0) is 61.5. The van der Waals surface area contributed by atoms with Crippen LogP contribution in [0, 0.1) is 46.7 Å². The fraction of sp³-hybridized carbons (Fsp3) is 0.456. The Hall–Kier alpha value is -6.90. The lowest BCUT2D eigenvalue weighted by Crippen LogP contribution is -2.48. The van der Waals surface area contributed by atoms with Crippen LogP contribution in [0.2, 0.25) is 0 Å². The first-order valence-electron chi connectivity index (χ1n) is 26.4. The molecule has 0 radical (unpaired) electrons. The second kappa shape index (κ2) is 31.8. The number of rotatable bonds is 23. The molecule has 7 N–H and O–H groups in total. The maximum absolute atomic E-state index is 14.4. The molecule has 18 nitrogen and oxygen atoms in total. The van der Waals surface area contributed by atoms with Gasteiger partial charge in [-0.3, -0.25) is 19.2 Å². The molecule has 0 aromatic heterocycles. The number of carbonyl (C=O) groups is 7. The molecule has 0 saturated carbocycles. The fourth-order valence-corrected chi connectivity index (χ4v) is 10.8. The van der Waals surface area contributed by atoms with E-state index in [1.807, 2.05) is 0 Å². The Morgan fingerprint density at radius 3 is 1.37 bits per heavy atom. The zero-order valence-corrected chi connectivity index (χ0v) is 49.5. The van der Waals surface area contributed by atoms with Gasteiger partial charge < -0.3 is 55.9 Å². The molecule has 0 spiro atoms. The van der Waals surface area contributed by atoms with Crippen LogP contribution in [0.4, 0.5) is 31.1 Å². The van der Waals surface area contributed by atoms with E-state index in [4.69, 9.17) is 19.9 Å². The summed E-state index contributed by atoms with van der Waals surface area (Å²) >= 11 is 2.55. The quantitative estimate of drug-likeness (QED) is 0.0303. The lowest BCUT2D eigenvalue weighted by molar-refractivity contribution is -0.148.